The molecule has 0 radical (unpaired) electrons. The molecule has 1 saturated heterocycles. The first-order chi connectivity index (χ1) is 9.33. The largest absolute Gasteiger partial charge is 0.463 e. The Morgan fingerprint density at radius 3 is 2.90 bits per heavy atom. The number of carbonyl (C=O) groups is 1. The maximum absolute atomic E-state index is 12.2. The Balaban J connectivity index is 1.78. The number of fused-ring (bicyclic) bond motifs is 1. The van der Waals surface area contributed by atoms with Gasteiger partial charge in [0.25, 0.3) is 0 Å². The molecule has 0 aromatic heterocycles. The summed E-state index contributed by atoms with van der Waals surface area (Å²) in [5.41, 5.74) is -0.243. The predicted octanol–water partition coefficient (Wildman–Crippen LogP) is 2.91. The van der Waals surface area contributed by atoms with Crippen LogP contribution in [0.1, 0.15) is 32.6 Å². The third-order valence-electron chi connectivity index (χ3n) is 3.08. The van der Waals surface area contributed by atoms with Gasteiger partial charge >= 0.3 is 12.1 Å². The first-order valence-electron chi connectivity index (χ1n) is 6.42. The summed E-state index contributed by atoms with van der Waals surface area (Å²) < 4.78 is 47.1. The van der Waals surface area contributed by atoms with Crippen molar-refractivity contribution in [3.05, 3.63) is 0 Å². The second kappa shape index (κ2) is 6.34. The topological polar surface area (TPSA) is 47.9 Å². The summed E-state index contributed by atoms with van der Waals surface area (Å²) in [6.07, 6.45) is -3.83. The van der Waals surface area contributed by atoms with Gasteiger partial charge in [0.05, 0.1) is 17.2 Å². The van der Waals surface area contributed by atoms with Gasteiger partial charge in [0.1, 0.15) is 12.0 Å². The average molecular weight is 311 g/mol. The number of halogens is 3. The molecule has 3 atom stereocenters. The molecule has 0 aliphatic carbocycles. The highest BCUT2D eigenvalue weighted by Crippen LogP contribution is 2.38. The van der Waals surface area contributed by atoms with E-state index < -0.39 is 12.6 Å². The minimum Gasteiger partial charge on any atom is -0.463 e. The fourth-order valence-electron chi connectivity index (χ4n) is 2.13. The standard InChI is InChI=1S/C12H16F3NO3S/c1-7(17)18-6-8-2-3-9-11(19-8)20-10(16-9)4-5-12(13,14)15/h8-9,11H,2-6H2,1H3. The van der Waals surface area contributed by atoms with Gasteiger partial charge in [-0.1, -0.05) is 11.8 Å². The molecule has 0 aromatic rings. The number of thioether (sulfide) groups is 1. The Bertz CT molecular complexity index is 400. The zero-order chi connectivity index (χ0) is 14.8. The van der Waals surface area contributed by atoms with E-state index in [0.717, 1.165) is 6.42 Å². The molecule has 2 aliphatic heterocycles. The number of hydrogen-bond acceptors (Lipinski definition) is 5. The van der Waals surface area contributed by atoms with Crippen LogP contribution in [0.5, 0.6) is 0 Å². The van der Waals surface area contributed by atoms with Gasteiger partial charge in [0.15, 0.2) is 0 Å². The van der Waals surface area contributed by atoms with Crippen LogP contribution < -0.4 is 0 Å². The summed E-state index contributed by atoms with van der Waals surface area (Å²) in [6, 6.07) is -0.0724. The van der Waals surface area contributed by atoms with E-state index in [1.54, 1.807) is 0 Å². The van der Waals surface area contributed by atoms with E-state index in [9.17, 15) is 18.0 Å². The summed E-state index contributed by atoms with van der Waals surface area (Å²) in [6.45, 7) is 1.52. The van der Waals surface area contributed by atoms with Gasteiger partial charge in [-0.25, -0.2) is 0 Å². The summed E-state index contributed by atoms with van der Waals surface area (Å²) in [5, 5.41) is 0.505. The lowest BCUT2D eigenvalue weighted by Gasteiger charge is -2.30. The second-order valence-electron chi connectivity index (χ2n) is 4.83. The Hall–Kier alpha value is -0.760. The molecule has 2 aliphatic rings. The molecule has 0 amide bonds. The van der Waals surface area contributed by atoms with Crippen LogP contribution in [0.25, 0.3) is 0 Å². The second-order valence-corrected chi connectivity index (χ2v) is 6.00. The number of esters is 1. The Morgan fingerprint density at radius 1 is 1.50 bits per heavy atom. The summed E-state index contributed by atoms with van der Waals surface area (Å²) in [5.74, 6) is -0.364. The third kappa shape index (κ3) is 4.66. The van der Waals surface area contributed by atoms with Crippen LogP contribution in [0.4, 0.5) is 13.2 Å². The zero-order valence-electron chi connectivity index (χ0n) is 11.0. The fraction of sp³-hybridized carbons (Fsp3) is 0.833. The van der Waals surface area contributed by atoms with Crippen molar-refractivity contribution < 1.29 is 27.4 Å². The molecule has 20 heavy (non-hydrogen) atoms. The van der Waals surface area contributed by atoms with Crippen molar-refractivity contribution in [2.45, 2.75) is 56.4 Å². The van der Waals surface area contributed by atoms with Crippen LogP contribution in [0.15, 0.2) is 4.99 Å². The predicted molar refractivity (Wildman–Crippen MR) is 68.6 cm³/mol. The molecule has 2 heterocycles. The molecule has 8 heteroatoms. The van der Waals surface area contributed by atoms with Crippen molar-refractivity contribution >= 4 is 22.8 Å². The normalized spacial score (nSPS) is 29.8. The van der Waals surface area contributed by atoms with Crippen LogP contribution in [0.3, 0.4) is 0 Å². The molecule has 0 N–H and O–H groups in total. The van der Waals surface area contributed by atoms with E-state index in [1.807, 2.05) is 0 Å². The van der Waals surface area contributed by atoms with Gasteiger partial charge in [-0.05, 0) is 12.8 Å². The number of carbonyl (C=O) groups excluding carboxylic acids is 1. The zero-order valence-corrected chi connectivity index (χ0v) is 11.8. The lowest BCUT2D eigenvalue weighted by atomic mass is 10.1. The molecule has 0 bridgehead atoms. The van der Waals surface area contributed by atoms with Crippen molar-refractivity contribution in [1.29, 1.82) is 0 Å². The highest BCUT2D eigenvalue weighted by atomic mass is 32.2. The Morgan fingerprint density at radius 2 is 2.25 bits per heavy atom. The van der Waals surface area contributed by atoms with Gasteiger partial charge in [-0.3, -0.25) is 9.79 Å². The highest BCUT2D eigenvalue weighted by molar-refractivity contribution is 8.14. The lowest BCUT2D eigenvalue weighted by molar-refractivity contribution is -0.147. The number of nitrogens with zero attached hydrogens (tertiary/aromatic N) is 1. The van der Waals surface area contributed by atoms with E-state index in [0.29, 0.717) is 11.5 Å². The van der Waals surface area contributed by atoms with Crippen molar-refractivity contribution in [1.82, 2.24) is 0 Å². The van der Waals surface area contributed by atoms with Crippen molar-refractivity contribution in [2.75, 3.05) is 6.61 Å². The first kappa shape index (κ1) is 15.6. The van der Waals surface area contributed by atoms with E-state index in [1.165, 1.54) is 18.7 Å². The SMILES string of the molecule is CC(=O)OCC1CCC2N=C(CCC(F)(F)F)SC2O1. The maximum Gasteiger partial charge on any atom is 0.389 e. The Labute approximate surface area is 119 Å². The lowest BCUT2D eigenvalue weighted by Crippen LogP contribution is -2.36. The summed E-state index contributed by atoms with van der Waals surface area (Å²) in [7, 11) is 0. The highest BCUT2D eigenvalue weighted by Gasteiger charge is 2.38. The van der Waals surface area contributed by atoms with Gasteiger partial charge in [-0.15, -0.1) is 0 Å². The molecule has 0 aromatic carbocycles. The van der Waals surface area contributed by atoms with Crippen molar-refractivity contribution in [2.24, 2.45) is 4.99 Å². The number of ether oxygens (including phenoxy) is 2. The van der Waals surface area contributed by atoms with Gasteiger partial charge < -0.3 is 9.47 Å². The van der Waals surface area contributed by atoms with E-state index >= 15 is 0 Å². The van der Waals surface area contributed by atoms with Gasteiger partial charge in [0.2, 0.25) is 0 Å². The fourth-order valence-corrected chi connectivity index (χ4v) is 3.38. The minimum atomic E-state index is -4.16. The molecular formula is C12H16F3NO3S. The Kier molecular flexibility index (Phi) is 4.95. The van der Waals surface area contributed by atoms with Gasteiger partial charge in [0, 0.05) is 19.8 Å². The number of hydrogen-bond donors (Lipinski definition) is 0. The molecule has 114 valence electrons. The summed E-state index contributed by atoms with van der Waals surface area (Å²) in [4.78, 5) is 15.0. The van der Waals surface area contributed by atoms with Crippen molar-refractivity contribution in [3.8, 4) is 0 Å². The molecule has 3 unspecified atom stereocenters. The first-order valence-corrected chi connectivity index (χ1v) is 7.30. The van der Waals surface area contributed by atoms with E-state index in [-0.39, 0.29) is 36.6 Å². The molecular weight excluding hydrogens is 295 g/mol. The third-order valence-corrected chi connectivity index (χ3v) is 4.32. The quantitative estimate of drug-likeness (QED) is 0.749. The smallest absolute Gasteiger partial charge is 0.389 e. The van der Waals surface area contributed by atoms with Gasteiger partial charge in [-0.2, -0.15) is 13.2 Å². The van der Waals surface area contributed by atoms with Crippen LogP contribution in [-0.4, -0.2) is 41.4 Å². The molecule has 0 spiro atoms. The van der Waals surface area contributed by atoms with Crippen LogP contribution in [0.2, 0.25) is 0 Å². The number of alkyl halides is 3. The summed E-state index contributed by atoms with van der Waals surface area (Å²) >= 11 is 1.26. The van der Waals surface area contributed by atoms with Crippen molar-refractivity contribution in [3.63, 3.8) is 0 Å². The monoisotopic (exact) mass is 311 g/mol. The molecule has 4 nitrogen and oxygen atoms in total. The molecule has 2 rings (SSSR count). The number of rotatable bonds is 4. The van der Waals surface area contributed by atoms with E-state index in [2.05, 4.69) is 4.99 Å². The van der Waals surface area contributed by atoms with Crippen LogP contribution in [0, 0.1) is 0 Å². The minimum absolute atomic E-state index is 0.0724. The number of aliphatic imine (C=N–C) groups is 1. The van der Waals surface area contributed by atoms with E-state index in [4.69, 9.17) is 9.47 Å². The van der Waals surface area contributed by atoms with Crippen LogP contribution >= 0.6 is 11.8 Å². The maximum atomic E-state index is 12.2. The van der Waals surface area contributed by atoms with Crippen LogP contribution in [-0.2, 0) is 14.3 Å². The average Bonchev–Trinajstić information content (AvgIpc) is 2.75. The molecule has 0 saturated carbocycles. The molecule has 1 fully saturated rings.